The van der Waals surface area contributed by atoms with Crippen LogP contribution in [0.25, 0.3) is 0 Å². The van der Waals surface area contributed by atoms with Crippen LogP contribution in [0, 0.1) is 0 Å². The largest absolute Gasteiger partial charge is 0.382 e. The van der Waals surface area contributed by atoms with Crippen LogP contribution in [-0.4, -0.2) is 63.0 Å². The fraction of sp³-hybridized carbons (Fsp3) is 0.684. The molecule has 146 valence electrons. The van der Waals surface area contributed by atoms with Crippen LogP contribution < -0.4 is 15.5 Å². The molecule has 1 aliphatic rings. The predicted molar refractivity (Wildman–Crippen MR) is 106 cm³/mol. The predicted octanol–water partition coefficient (Wildman–Crippen LogP) is 1.79. The summed E-state index contributed by atoms with van der Waals surface area (Å²) in [7, 11) is 1.78. The number of nitrogens with one attached hydrogen (secondary N) is 2. The molecule has 2 rings (SSSR count). The van der Waals surface area contributed by atoms with Crippen molar-refractivity contribution < 1.29 is 9.47 Å². The number of hydrogen-bond donors (Lipinski definition) is 2. The van der Waals surface area contributed by atoms with Gasteiger partial charge in [-0.1, -0.05) is 6.07 Å². The van der Waals surface area contributed by atoms with Crippen molar-refractivity contribution in [3.05, 3.63) is 23.9 Å². The van der Waals surface area contributed by atoms with Crippen LogP contribution in [0.1, 0.15) is 32.8 Å². The lowest BCUT2D eigenvalue weighted by molar-refractivity contribution is -0.00545. The molecule has 0 radical (unpaired) electrons. The van der Waals surface area contributed by atoms with Crippen molar-refractivity contribution in [1.29, 1.82) is 0 Å². The maximum atomic E-state index is 5.79. The number of guanidine groups is 1. The third-order valence-electron chi connectivity index (χ3n) is 4.20. The minimum Gasteiger partial charge on any atom is -0.382 e. The zero-order valence-electron chi connectivity index (χ0n) is 16.5. The molecule has 2 unspecified atom stereocenters. The highest BCUT2D eigenvalue weighted by atomic mass is 16.5. The first kappa shape index (κ1) is 20.5. The number of nitrogens with zero attached hydrogens (tertiary/aromatic N) is 3. The molecule has 0 bridgehead atoms. The molecule has 2 heterocycles. The SMILES string of the molecule is CCOCCCNC(=NC)NCc1ccc(N2CC(C)OC(C)C2)nc1. The molecular weight excluding hydrogens is 330 g/mol. The number of pyridine rings is 1. The van der Waals surface area contributed by atoms with Crippen molar-refractivity contribution in [2.75, 3.05) is 44.8 Å². The van der Waals surface area contributed by atoms with Crippen molar-refractivity contribution in [2.45, 2.75) is 45.9 Å². The van der Waals surface area contributed by atoms with Gasteiger partial charge < -0.3 is 25.0 Å². The van der Waals surface area contributed by atoms with Gasteiger partial charge in [0.25, 0.3) is 0 Å². The molecule has 0 aliphatic carbocycles. The highest BCUT2D eigenvalue weighted by Crippen LogP contribution is 2.18. The smallest absolute Gasteiger partial charge is 0.191 e. The standard InChI is InChI=1S/C19H33N5O2/c1-5-25-10-6-9-21-19(20-4)23-12-17-7-8-18(22-11-17)24-13-15(2)26-16(3)14-24/h7-8,11,15-16H,5-6,9-10,12-14H2,1-4H3,(H2,20,21,23). The van der Waals surface area contributed by atoms with E-state index in [1.54, 1.807) is 7.05 Å². The van der Waals surface area contributed by atoms with E-state index >= 15 is 0 Å². The second-order valence-corrected chi connectivity index (χ2v) is 6.59. The summed E-state index contributed by atoms with van der Waals surface area (Å²) in [6.07, 6.45) is 3.36. The van der Waals surface area contributed by atoms with Gasteiger partial charge in [-0.2, -0.15) is 0 Å². The second kappa shape index (κ2) is 11.0. The van der Waals surface area contributed by atoms with E-state index in [0.717, 1.165) is 56.6 Å². The van der Waals surface area contributed by atoms with Crippen molar-refractivity contribution in [3.8, 4) is 0 Å². The number of aliphatic imine (C=N–C) groups is 1. The van der Waals surface area contributed by atoms with Crippen LogP contribution in [0.5, 0.6) is 0 Å². The molecule has 1 aromatic heterocycles. The lowest BCUT2D eigenvalue weighted by Gasteiger charge is -2.36. The fourth-order valence-corrected chi connectivity index (χ4v) is 3.01. The molecule has 7 heteroatoms. The molecule has 2 N–H and O–H groups in total. The number of aromatic nitrogens is 1. The summed E-state index contributed by atoms with van der Waals surface area (Å²) in [5, 5.41) is 6.60. The molecule has 0 saturated carbocycles. The van der Waals surface area contributed by atoms with E-state index in [1.165, 1.54) is 0 Å². The van der Waals surface area contributed by atoms with Crippen LogP contribution >= 0.6 is 0 Å². The first-order chi connectivity index (χ1) is 12.6. The molecule has 0 spiro atoms. The van der Waals surface area contributed by atoms with Crippen LogP contribution in [0.15, 0.2) is 23.3 Å². The zero-order chi connectivity index (χ0) is 18.8. The molecule has 1 aliphatic heterocycles. The Kier molecular flexibility index (Phi) is 8.64. The van der Waals surface area contributed by atoms with Crippen molar-refractivity contribution >= 4 is 11.8 Å². The summed E-state index contributed by atoms with van der Waals surface area (Å²) >= 11 is 0. The summed E-state index contributed by atoms with van der Waals surface area (Å²) < 4.78 is 11.1. The highest BCUT2D eigenvalue weighted by molar-refractivity contribution is 5.79. The average molecular weight is 364 g/mol. The third-order valence-corrected chi connectivity index (χ3v) is 4.20. The molecule has 1 fully saturated rings. The Balaban J connectivity index is 1.77. The lowest BCUT2D eigenvalue weighted by atomic mass is 10.2. The van der Waals surface area contributed by atoms with Crippen molar-refractivity contribution in [1.82, 2.24) is 15.6 Å². The summed E-state index contributed by atoms with van der Waals surface area (Å²) in [6, 6.07) is 4.20. The van der Waals surface area contributed by atoms with Crippen LogP contribution in [0.2, 0.25) is 0 Å². The molecule has 0 amide bonds. The molecule has 1 aromatic rings. The van der Waals surface area contributed by atoms with Crippen LogP contribution in [-0.2, 0) is 16.0 Å². The van der Waals surface area contributed by atoms with E-state index < -0.39 is 0 Å². The van der Waals surface area contributed by atoms with E-state index in [2.05, 4.69) is 51.5 Å². The monoisotopic (exact) mass is 363 g/mol. The zero-order valence-corrected chi connectivity index (χ0v) is 16.5. The number of morpholine rings is 1. The quantitative estimate of drug-likeness (QED) is 0.417. The van der Waals surface area contributed by atoms with Gasteiger partial charge in [-0.25, -0.2) is 4.98 Å². The van der Waals surface area contributed by atoms with Gasteiger partial charge in [-0.3, -0.25) is 4.99 Å². The van der Waals surface area contributed by atoms with Crippen LogP contribution in [0.3, 0.4) is 0 Å². The summed E-state index contributed by atoms with van der Waals surface area (Å²) in [5.41, 5.74) is 1.13. The Morgan fingerprint density at radius 1 is 1.31 bits per heavy atom. The van der Waals surface area contributed by atoms with E-state index in [-0.39, 0.29) is 12.2 Å². The Labute approximate surface area is 157 Å². The third kappa shape index (κ3) is 6.80. The molecule has 1 saturated heterocycles. The summed E-state index contributed by atoms with van der Waals surface area (Å²) in [4.78, 5) is 11.2. The first-order valence-corrected chi connectivity index (χ1v) is 9.50. The second-order valence-electron chi connectivity index (χ2n) is 6.59. The molecule has 2 atom stereocenters. The van der Waals surface area contributed by atoms with Crippen LogP contribution in [0.4, 0.5) is 5.82 Å². The maximum absolute atomic E-state index is 5.79. The van der Waals surface area contributed by atoms with Gasteiger partial charge in [-0.05, 0) is 38.8 Å². The fourth-order valence-electron chi connectivity index (χ4n) is 3.01. The van der Waals surface area contributed by atoms with Gasteiger partial charge in [0.05, 0.1) is 12.2 Å². The normalized spacial score (nSPS) is 20.9. The first-order valence-electron chi connectivity index (χ1n) is 9.50. The van der Waals surface area contributed by atoms with Gasteiger partial charge in [0.2, 0.25) is 0 Å². The summed E-state index contributed by atoms with van der Waals surface area (Å²) in [6.45, 7) is 11.0. The minimum absolute atomic E-state index is 0.235. The van der Waals surface area contributed by atoms with E-state index in [9.17, 15) is 0 Å². The Bertz CT molecular complexity index is 539. The Hall–Kier alpha value is -1.86. The lowest BCUT2D eigenvalue weighted by Crippen LogP contribution is -2.45. The van der Waals surface area contributed by atoms with Gasteiger partial charge in [0, 0.05) is 52.6 Å². The molecule has 26 heavy (non-hydrogen) atoms. The van der Waals surface area contributed by atoms with Gasteiger partial charge in [-0.15, -0.1) is 0 Å². The number of rotatable bonds is 8. The Morgan fingerprint density at radius 2 is 2.08 bits per heavy atom. The van der Waals surface area contributed by atoms with Gasteiger partial charge >= 0.3 is 0 Å². The minimum atomic E-state index is 0.235. The Morgan fingerprint density at radius 3 is 2.69 bits per heavy atom. The summed E-state index contributed by atoms with van der Waals surface area (Å²) in [5.74, 6) is 1.80. The molecule has 0 aromatic carbocycles. The molecular formula is C19H33N5O2. The van der Waals surface area contributed by atoms with Crippen molar-refractivity contribution in [2.24, 2.45) is 4.99 Å². The number of hydrogen-bond acceptors (Lipinski definition) is 5. The topological polar surface area (TPSA) is 71.0 Å². The highest BCUT2D eigenvalue weighted by Gasteiger charge is 2.22. The van der Waals surface area contributed by atoms with Crippen molar-refractivity contribution in [3.63, 3.8) is 0 Å². The molecule has 7 nitrogen and oxygen atoms in total. The van der Waals surface area contributed by atoms with E-state index in [4.69, 9.17) is 9.47 Å². The number of anilines is 1. The average Bonchev–Trinajstić information content (AvgIpc) is 2.63. The number of ether oxygens (including phenoxy) is 2. The van der Waals surface area contributed by atoms with E-state index in [0.29, 0.717) is 6.54 Å². The van der Waals surface area contributed by atoms with Gasteiger partial charge in [0.15, 0.2) is 5.96 Å². The van der Waals surface area contributed by atoms with Gasteiger partial charge in [0.1, 0.15) is 5.82 Å². The maximum Gasteiger partial charge on any atom is 0.191 e. The van der Waals surface area contributed by atoms with E-state index in [1.807, 2.05) is 13.1 Å².